The van der Waals surface area contributed by atoms with Gasteiger partial charge in [-0.2, -0.15) is 0 Å². The maximum absolute atomic E-state index is 9.06. The smallest absolute Gasteiger partial charge is 0.0758 e. The van der Waals surface area contributed by atoms with E-state index in [2.05, 4.69) is 24.0 Å². The Morgan fingerprint density at radius 3 is 1.96 bits per heavy atom. The molecule has 3 nitrogen and oxygen atoms in total. The first-order valence-electron chi connectivity index (χ1n) is 7.88. The van der Waals surface area contributed by atoms with Crippen molar-refractivity contribution in [2.24, 2.45) is 0 Å². The molecule has 1 aromatic carbocycles. The normalized spacial score (nSPS) is 13.5. The summed E-state index contributed by atoms with van der Waals surface area (Å²) in [6.07, 6.45) is 17.4. The third-order valence-electron chi connectivity index (χ3n) is 2.79. The highest BCUT2D eigenvalue weighted by atomic mass is 16.3. The van der Waals surface area contributed by atoms with Crippen LogP contribution in [0.15, 0.2) is 97.3 Å². The second-order valence-electron chi connectivity index (χ2n) is 4.78. The Bertz CT molecular complexity index is 473. The average molecular weight is 329 g/mol. The summed E-state index contributed by atoms with van der Waals surface area (Å²) in [5, 5.41) is 11.9. The van der Waals surface area contributed by atoms with E-state index in [1.165, 1.54) is 0 Å². The van der Waals surface area contributed by atoms with Gasteiger partial charge in [0.05, 0.1) is 6.10 Å². The fourth-order valence-corrected chi connectivity index (χ4v) is 1.62. The fourth-order valence-electron chi connectivity index (χ4n) is 1.62. The lowest BCUT2D eigenvalue weighted by Crippen LogP contribution is -2.03. The van der Waals surface area contributed by atoms with Crippen LogP contribution in [0.3, 0.4) is 0 Å². The van der Waals surface area contributed by atoms with Crippen LogP contribution in [-0.2, 0) is 0 Å². The molecule has 0 bridgehead atoms. The summed E-state index contributed by atoms with van der Waals surface area (Å²) in [5.74, 6) is 0. The fraction of sp³-hybridized carbons (Fsp3) is 0.238. The van der Waals surface area contributed by atoms with Crippen LogP contribution in [0.25, 0.3) is 0 Å². The zero-order valence-electron chi connectivity index (χ0n) is 14.7. The molecule has 1 atom stereocenters. The van der Waals surface area contributed by atoms with E-state index in [-0.39, 0.29) is 11.6 Å². The lowest BCUT2D eigenvalue weighted by molar-refractivity contribution is 0.234. The first kappa shape index (κ1) is 23.9. The van der Waals surface area contributed by atoms with Gasteiger partial charge in [-0.05, 0) is 37.6 Å². The van der Waals surface area contributed by atoms with E-state index in [4.69, 9.17) is 5.11 Å². The molecule has 0 heterocycles. The van der Waals surface area contributed by atoms with Crippen LogP contribution in [0.1, 0.15) is 19.8 Å². The van der Waals surface area contributed by atoms with E-state index in [1.54, 1.807) is 13.0 Å². The first-order chi connectivity index (χ1) is 11.2. The Balaban J connectivity index is 0. The molecule has 1 unspecified atom stereocenters. The number of benzene rings is 1. The Kier molecular flexibility index (Phi) is 18.6. The molecule has 0 aromatic heterocycles. The summed E-state index contributed by atoms with van der Waals surface area (Å²) in [5.41, 5.74) is 1.06. The van der Waals surface area contributed by atoms with Gasteiger partial charge in [0.2, 0.25) is 0 Å². The van der Waals surface area contributed by atoms with Crippen LogP contribution < -0.4 is 5.32 Å². The average Bonchev–Trinajstić information content (AvgIpc) is 2.62. The van der Waals surface area contributed by atoms with Gasteiger partial charge in [0, 0.05) is 7.05 Å². The van der Waals surface area contributed by atoms with Crippen LogP contribution in [0, 0.1) is 0 Å². The second kappa shape index (κ2) is 18.7. The van der Waals surface area contributed by atoms with Crippen molar-refractivity contribution in [2.45, 2.75) is 25.9 Å². The molecule has 4 N–H and O–H groups in total. The van der Waals surface area contributed by atoms with Crippen molar-refractivity contribution in [3.63, 3.8) is 0 Å². The molecule has 3 heteroatoms. The standard InChI is InChI=1S/C8H12O.C7H11N.C6H6.H2O/c1-7(9)8-5-3-2-4-6-8;1-3-4-5-6-7-8-2;1-2-4-6-5-3-1;/h3,5-7,9H,2,4H2,1H3;3-8H,1H2,2H3;1-6H;1H2/b;5-4-,7-6-;;. The molecule has 1 aromatic rings. The number of aliphatic hydroxyl groups excluding tert-OH is 1. The largest absolute Gasteiger partial charge is 0.412 e. The maximum Gasteiger partial charge on any atom is 0.0758 e. The third kappa shape index (κ3) is 16.0. The van der Waals surface area contributed by atoms with Crippen LogP contribution in [0.5, 0.6) is 0 Å². The van der Waals surface area contributed by atoms with Crippen molar-refractivity contribution in [3.05, 3.63) is 97.3 Å². The molecule has 0 amide bonds. The number of allylic oxidation sites excluding steroid dienone is 6. The molecule has 0 saturated heterocycles. The van der Waals surface area contributed by atoms with Gasteiger partial charge < -0.3 is 15.9 Å². The predicted octanol–water partition coefficient (Wildman–Crippen LogP) is 3.97. The van der Waals surface area contributed by atoms with Crippen LogP contribution >= 0.6 is 0 Å². The molecule has 0 spiro atoms. The third-order valence-corrected chi connectivity index (χ3v) is 2.79. The first-order valence-corrected chi connectivity index (χ1v) is 7.88. The molecule has 0 aliphatic heterocycles. The van der Waals surface area contributed by atoms with E-state index >= 15 is 0 Å². The molecule has 1 aliphatic rings. The Morgan fingerprint density at radius 2 is 1.62 bits per heavy atom. The number of nitrogens with one attached hydrogen (secondary N) is 1. The van der Waals surface area contributed by atoms with E-state index in [0.29, 0.717) is 0 Å². The van der Waals surface area contributed by atoms with Gasteiger partial charge in [-0.25, -0.2) is 0 Å². The van der Waals surface area contributed by atoms with Crippen LogP contribution in [0.2, 0.25) is 0 Å². The molecule has 0 saturated carbocycles. The quantitative estimate of drug-likeness (QED) is 0.821. The Hall–Kier alpha value is -2.36. The van der Waals surface area contributed by atoms with Crippen molar-refractivity contribution < 1.29 is 10.6 Å². The Labute approximate surface area is 146 Å². The topological polar surface area (TPSA) is 63.8 Å². The van der Waals surface area contributed by atoms with Crippen molar-refractivity contribution in [2.75, 3.05) is 7.05 Å². The van der Waals surface area contributed by atoms with Gasteiger partial charge in [-0.15, -0.1) is 0 Å². The maximum atomic E-state index is 9.06. The molecule has 132 valence electrons. The summed E-state index contributed by atoms with van der Waals surface area (Å²) < 4.78 is 0. The summed E-state index contributed by atoms with van der Waals surface area (Å²) in [4.78, 5) is 0. The van der Waals surface area contributed by atoms with Crippen LogP contribution in [-0.4, -0.2) is 23.7 Å². The highest BCUT2D eigenvalue weighted by Crippen LogP contribution is 2.12. The number of hydrogen-bond acceptors (Lipinski definition) is 2. The lowest BCUT2D eigenvalue weighted by atomic mass is 10.0. The van der Waals surface area contributed by atoms with Gasteiger partial charge >= 0.3 is 0 Å². The molecule has 0 radical (unpaired) electrons. The molecular formula is C21H31NO2. The van der Waals surface area contributed by atoms with Crippen molar-refractivity contribution in [1.29, 1.82) is 0 Å². The van der Waals surface area contributed by atoms with Gasteiger partial charge in [-0.3, -0.25) is 0 Å². The summed E-state index contributed by atoms with van der Waals surface area (Å²) in [6.45, 7) is 5.31. The predicted molar refractivity (Wildman–Crippen MR) is 106 cm³/mol. The van der Waals surface area contributed by atoms with E-state index in [1.807, 2.05) is 73.9 Å². The van der Waals surface area contributed by atoms with Gasteiger partial charge in [-0.1, -0.05) is 79.4 Å². The summed E-state index contributed by atoms with van der Waals surface area (Å²) in [6, 6.07) is 12.0. The zero-order valence-corrected chi connectivity index (χ0v) is 14.7. The summed E-state index contributed by atoms with van der Waals surface area (Å²) in [7, 11) is 1.86. The molecule has 2 rings (SSSR count). The van der Waals surface area contributed by atoms with Gasteiger partial charge in [0.15, 0.2) is 0 Å². The van der Waals surface area contributed by atoms with Crippen molar-refractivity contribution in [3.8, 4) is 0 Å². The number of hydrogen-bond donors (Lipinski definition) is 2. The minimum Gasteiger partial charge on any atom is -0.412 e. The van der Waals surface area contributed by atoms with E-state index in [0.717, 1.165) is 18.4 Å². The van der Waals surface area contributed by atoms with Crippen molar-refractivity contribution >= 4 is 0 Å². The van der Waals surface area contributed by atoms with E-state index in [9.17, 15) is 0 Å². The lowest BCUT2D eigenvalue weighted by Gasteiger charge is -2.08. The highest BCUT2D eigenvalue weighted by molar-refractivity contribution is 5.24. The number of aliphatic hydroxyl groups is 1. The molecule has 1 aliphatic carbocycles. The Morgan fingerprint density at radius 1 is 1.04 bits per heavy atom. The molecule has 24 heavy (non-hydrogen) atoms. The van der Waals surface area contributed by atoms with E-state index < -0.39 is 0 Å². The zero-order chi connectivity index (χ0) is 17.2. The highest BCUT2D eigenvalue weighted by Gasteiger charge is 2.01. The number of rotatable bonds is 4. The minimum atomic E-state index is -0.290. The summed E-state index contributed by atoms with van der Waals surface area (Å²) >= 11 is 0. The van der Waals surface area contributed by atoms with Crippen molar-refractivity contribution in [1.82, 2.24) is 5.32 Å². The molecular weight excluding hydrogens is 298 g/mol. The van der Waals surface area contributed by atoms with Gasteiger partial charge in [0.1, 0.15) is 0 Å². The van der Waals surface area contributed by atoms with Gasteiger partial charge in [0.25, 0.3) is 0 Å². The monoisotopic (exact) mass is 329 g/mol. The molecule has 0 fully saturated rings. The minimum absolute atomic E-state index is 0. The SMILES string of the molecule is C=C/C=C\C=C/NC.CC(O)C1=CCCC=C1.O.c1ccccc1. The second-order valence-corrected chi connectivity index (χ2v) is 4.78. The van der Waals surface area contributed by atoms with Crippen LogP contribution in [0.4, 0.5) is 0 Å².